The second-order valence-electron chi connectivity index (χ2n) is 5.40. The smallest absolute Gasteiger partial charge is 0.354 e. The van der Waals surface area contributed by atoms with Crippen LogP contribution in [-0.2, 0) is 0 Å². The van der Waals surface area contributed by atoms with Gasteiger partial charge in [-0.25, -0.2) is 19.6 Å². The number of hydrogen-bond donors (Lipinski definition) is 4. The van der Waals surface area contributed by atoms with Crippen molar-refractivity contribution < 1.29 is 62.0 Å². The summed E-state index contributed by atoms with van der Waals surface area (Å²) in [6.45, 7) is 2.99. The first kappa shape index (κ1) is 31.7. The maximum absolute atomic E-state index is 10.3. The zero-order valence-corrected chi connectivity index (χ0v) is 16.4. The largest absolute Gasteiger partial charge is 0.543 e. The number of carbonyl (C=O) groups is 4. The van der Waals surface area contributed by atoms with Crippen LogP contribution >= 0.6 is 0 Å². The topological polar surface area (TPSA) is 299 Å². The van der Waals surface area contributed by atoms with E-state index < -0.39 is 23.9 Å². The molecule has 2 heterocycles. The van der Waals surface area contributed by atoms with Crippen molar-refractivity contribution in [3.05, 3.63) is 59.2 Å². The Labute approximate surface area is 175 Å². The van der Waals surface area contributed by atoms with Crippen LogP contribution in [-0.4, -0.2) is 67.6 Å². The first-order valence-electron chi connectivity index (χ1n) is 7.95. The van der Waals surface area contributed by atoms with E-state index >= 15 is 0 Å². The summed E-state index contributed by atoms with van der Waals surface area (Å²) in [6.07, 6.45) is 0. The van der Waals surface area contributed by atoms with Gasteiger partial charge in [-0.2, -0.15) is 0 Å². The van der Waals surface area contributed by atoms with Crippen LogP contribution in [0.25, 0.3) is 0 Å². The Hall–Kier alpha value is -3.98. The molecular formula is C17H24N4O10. The van der Waals surface area contributed by atoms with E-state index in [2.05, 4.69) is 21.4 Å². The van der Waals surface area contributed by atoms with E-state index in [4.69, 9.17) is 10.2 Å². The number of aromatic nitrogens is 2. The molecule has 14 nitrogen and oxygen atoms in total. The van der Waals surface area contributed by atoms with E-state index in [1.54, 1.807) is 0 Å². The highest BCUT2D eigenvalue weighted by Gasteiger charge is 2.05. The van der Waals surface area contributed by atoms with Crippen LogP contribution in [0.4, 0.5) is 0 Å². The average molecular weight is 444 g/mol. The van der Waals surface area contributed by atoms with Crippen molar-refractivity contribution in [2.24, 2.45) is 0 Å². The molecule has 0 aliphatic carbocycles. The lowest BCUT2D eigenvalue weighted by molar-refractivity contribution is -0.488. The molecule has 1 atom stereocenters. The minimum Gasteiger partial charge on any atom is -0.543 e. The molecule has 0 amide bonds. The molecule has 0 spiro atoms. The van der Waals surface area contributed by atoms with Gasteiger partial charge in [-0.3, -0.25) is 0 Å². The predicted octanol–water partition coefficient (Wildman–Crippen LogP) is -5.50. The lowest BCUT2D eigenvalue weighted by Gasteiger charge is -2.00. The number of nitrogens with zero attached hydrogens (tertiary/aromatic N) is 2. The predicted molar refractivity (Wildman–Crippen MR) is 98.4 cm³/mol. The number of carboxylic acids is 4. The van der Waals surface area contributed by atoms with Gasteiger partial charge in [0, 0.05) is 0 Å². The van der Waals surface area contributed by atoms with Crippen molar-refractivity contribution in [2.75, 3.05) is 6.54 Å². The molecule has 0 fully saturated rings. The van der Waals surface area contributed by atoms with Crippen LogP contribution in [0.2, 0.25) is 0 Å². The Morgan fingerprint density at radius 3 is 1.29 bits per heavy atom. The van der Waals surface area contributed by atoms with Crippen LogP contribution in [0.1, 0.15) is 48.9 Å². The van der Waals surface area contributed by atoms with Crippen LogP contribution in [0.3, 0.4) is 0 Å². The summed E-state index contributed by atoms with van der Waals surface area (Å²) in [4.78, 5) is 47.6. The summed E-state index contributed by atoms with van der Waals surface area (Å²) in [5.74, 6) is -5.51. The Balaban J connectivity index is -0.000000397. The van der Waals surface area contributed by atoms with Crippen molar-refractivity contribution in [1.29, 1.82) is 0 Å². The highest BCUT2D eigenvalue weighted by Crippen LogP contribution is 1.98. The van der Waals surface area contributed by atoms with Gasteiger partial charge in [0.25, 0.3) is 0 Å². The maximum Gasteiger partial charge on any atom is 0.354 e. The lowest BCUT2D eigenvalue weighted by Crippen LogP contribution is -2.71. The quantitative estimate of drug-likeness (QED) is 0.339. The molecule has 0 bridgehead atoms. The van der Waals surface area contributed by atoms with E-state index in [-0.39, 0.29) is 33.7 Å². The van der Waals surface area contributed by atoms with E-state index in [0.717, 1.165) is 6.54 Å². The van der Waals surface area contributed by atoms with Crippen LogP contribution < -0.4 is 21.7 Å². The number of aromatic carboxylic acids is 4. The molecule has 0 aromatic carbocycles. The second-order valence-corrected chi connectivity index (χ2v) is 5.40. The van der Waals surface area contributed by atoms with Gasteiger partial charge in [-0.1, -0.05) is 12.1 Å². The third-order valence-corrected chi connectivity index (χ3v) is 2.85. The maximum atomic E-state index is 10.3. The number of rotatable bonds is 5. The standard InChI is InChI=1S/2C7H5NO4.C3H10N2.2H2O/c2*9-6(10)4-2-1-3-5(8-4)7(11)12;1-3(5)2-4;;/h2*1-3H,(H,9,10)(H,11,12);3H,2,4-5H2,1H3;2*1H2/t;;3-;;/m..1../s1. The molecule has 0 unspecified atom stereocenters. The summed E-state index contributed by atoms with van der Waals surface area (Å²) in [7, 11) is 0. The average Bonchev–Trinajstić information content (AvgIpc) is 2.69. The number of carboxylic acid groups (broad SMARTS) is 4. The monoisotopic (exact) mass is 444 g/mol. The Bertz CT molecular complexity index is 747. The zero-order valence-electron chi connectivity index (χ0n) is 16.4. The lowest BCUT2D eigenvalue weighted by atomic mass is 10.3. The van der Waals surface area contributed by atoms with E-state index in [1.165, 1.54) is 36.4 Å². The minimum atomic E-state index is -1.49. The summed E-state index contributed by atoms with van der Waals surface area (Å²) in [6, 6.07) is 7.85. The Kier molecular flexibility index (Phi) is 16.2. The molecule has 31 heavy (non-hydrogen) atoms. The third-order valence-electron chi connectivity index (χ3n) is 2.85. The van der Waals surface area contributed by atoms with E-state index in [0.29, 0.717) is 6.04 Å². The number of pyridine rings is 2. The fourth-order valence-corrected chi connectivity index (χ4v) is 1.34. The van der Waals surface area contributed by atoms with Crippen molar-refractivity contribution in [3.8, 4) is 0 Å². The molecule has 12 N–H and O–H groups in total. The molecule has 0 aliphatic rings. The second kappa shape index (κ2) is 15.9. The van der Waals surface area contributed by atoms with Gasteiger partial charge in [-0.05, 0) is 31.2 Å². The normalized spacial score (nSPS) is 9.65. The zero-order chi connectivity index (χ0) is 22.6. The molecule has 14 heteroatoms. The first-order chi connectivity index (χ1) is 13.5. The summed E-state index contributed by atoms with van der Waals surface area (Å²) in [5, 5.41) is 37.2. The van der Waals surface area contributed by atoms with Crippen molar-refractivity contribution in [3.63, 3.8) is 0 Å². The molecule has 0 saturated heterocycles. The van der Waals surface area contributed by atoms with Gasteiger partial charge in [0.15, 0.2) is 0 Å². The Morgan fingerprint density at radius 1 is 0.839 bits per heavy atom. The SMILES string of the molecule is C[C@@H]([NH3+])C[NH3+].O.O.O=C([O-])c1cccc(C(=O)O)n1.O=C([O-])c1cccc(C(=O)O)n1. The fourth-order valence-electron chi connectivity index (χ4n) is 1.34. The van der Waals surface area contributed by atoms with Crippen molar-refractivity contribution in [2.45, 2.75) is 13.0 Å². The highest BCUT2D eigenvalue weighted by atomic mass is 16.4. The van der Waals surface area contributed by atoms with E-state index in [1.807, 2.05) is 6.92 Å². The molecule has 172 valence electrons. The van der Waals surface area contributed by atoms with Crippen molar-refractivity contribution >= 4 is 23.9 Å². The molecule has 2 rings (SSSR count). The molecule has 2 aromatic rings. The minimum absolute atomic E-state index is 0. The first-order valence-corrected chi connectivity index (χ1v) is 7.95. The summed E-state index contributed by atoms with van der Waals surface area (Å²) < 4.78 is 0. The summed E-state index contributed by atoms with van der Waals surface area (Å²) >= 11 is 0. The molecule has 0 radical (unpaired) electrons. The molecule has 0 aliphatic heterocycles. The number of quaternary nitrogens is 2. The van der Waals surface area contributed by atoms with Gasteiger partial charge in [0.2, 0.25) is 0 Å². The number of carbonyl (C=O) groups excluding carboxylic acids is 2. The number of hydrogen-bond acceptors (Lipinski definition) is 8. The third kappa shape index (κ3) is 13.0. The van der Waals surface area contributed by atoms with Crippen LogP contribution in [0.5, 0.6) is 0 Å². The van der Waals surface area contributed by atoms with Gasteiger partial charge >= 0.3 is 11.9 Å². The Morgan fingerprint density at radius 2 is 1.10 bits per heavy atom. The van der Waals surface area contributed by atoms with E-state index in [9.17, 15) is 29.4 Å². The van der Waals surface area contributed by atoms with Gasteiger partial charge in [0.05, 0.1) is 23.3 Å². The van der Waals surface area contributed by atoms with Gasteiger partial charge < -0.3 is 52.4 Å². The van der Waals surface area contributed by atoms with Gasteiger partial charge in [-0.15, -0.1) is 0 Å². The fraction of sp³-hybridized carbons (Fsp3) is 0.176. The molecule has 2 aromatic heterocycles. The molecule has 0 saturated carbocycles. The summed E-state index contributed by atoms with van der Waals surface area (Å²) in [5.41, 5.74) is 5.94. The highest BCUT2D eigenvalue weighted by molar-refractivity contribution is 5.89. The van der Waals surface area contributed by atoms with Crippen LogP contribution in [0, 0.1) is 0 Å². The van der Waals surface area contributed by atoms with Crippen LogP contribution in [0.15, 0.2) is 36.4 Å². The van der Waals surface area contributed by atoms with Gasteiger partial charge in [0.1, 0.15) is 24.0 Å². The van der Waals surface area contributed by atoms with Crippen molar-refractivity contribution in [1.82, 2.24) is 9.97 Å². The molecular weight excluding hydrogens is 420 g/mol.